The molecule has 2 rings (SSSR count). The van der Waals surface area contributed by atoms with Gasteiger partial charge in [0.25, 0.3) is 0 Å². The fraction of sp³-hybridized carbons (Fsp3) is 0.250. The fourth-order valence-corrected chi connectivity index (χ4v) is 2.93. The summed E-state index contributed by atoms with van der Waals surface area (Å²) >= 11 is 0. The smallest absolute Gasteiger partial charge is 0.312 e. The molecule has 0 aromatic heterocycles. The Labute approximate surface area is 125 Å². The predicted octanol–water partition coefficient (Wildman–Crippen LogP) is 3.42. The standard InChI is InChI=1S/C16H20NO3P/c1-12-7-9-14(10-8-12)16(17(3)21(18,19)20)15-6-4-5-13(2)11-15/h4-11,16H,1-3H3,(H2,18,19,20). The second-order valence-electron chi connectivity index (χ2n) is 5.31. The van der Waals surface area contributed by atoms with E-state index >= 15 is 0 Å². The summed E-state index contributed by atoms with van der Waals surface area (Å²) in [5.74, 6) is 0. The van der Waals surface area contributed by atoms with Crippen LogP contribution >= 0.6 is 7.75 Å². The van der Waals surface area contributed by atoms with Gasteiger partial charge in [0.15, 0.2) is 0 Å². The Morgan fingerprint density at radius 1 is 0.952 bits per heavy atom. The van der Waals surface area contributed by atoms with Crippen molar-refractivity contribution in [1.29, 1.82) is 0 Å². The largest absolute Gasteiger partial charge is 0.403 e. The number of nitrogens with zero attached hydrogens (tertiary/aromatic N) is 1. The van der Waals surface area contributed by atoms with Crippen LogP contribution in [0.25, 0.3) is 0 Å². The Hall–Kier alpha value is -1.45. The zero-order chi connectivity index (χ0) is 15.6. The Kier molecular flexibility index (Phi) is 4.64. The van der Waals surface area contributed by atoms with Crippen molar-refractivity contribution in [2.45, 2.75) is 19.9 Å². The molecule has 0 aliphatic rings. The van der Waals surface area contributed by atoms with Crippen molar-refractivity contribution in [3.8, 4) is 0 Å². The highest BCUT2D eigenvalue weighted by Crippen LogP contribution is 2.47. The van der Waals surface area contributed by atoms with Gasteiger partial charge in [-0.2, -0.15) is 0 Å². The van der Waals surface area contributed by atoms with E-state index in [-0.39, 0.29) is 0 Å². The molecule has 0 heterocycles. The minimum absolute atomic E-state index is 0.480. The van der Waals surface area contributed by atoms with Crippen molar-refractivity contribution >= 4 is 7.75 Å². The van der Waals surface area contributed by atoms with Gasteiger partial charge in [-0.15, -0.1) is 0 Å². The number of benzene rings is 2. The van der Waals surface area contributed by atoms with Gasteiger partial charge in [0.05, 0.1) is 6.04 Å². The first-order valence-electron chi connectivity index (χ1n) is 6.71. The summed E-state index contributed by atoms with van der Waals surface area (Å²) in [6.45, 7) is 3.95. The molecule has 0 aliphatic heterocycles. The van der Waals surface area contributed by atoms with Crippen LogP contribution in [0.1, 0.15) is 28.3 Å². The lowest BCUT2D eigenvalue weighted by atomic mass is 9.97. The molecule has 0 amide bonds. The van der Waals surface area contributed by atoms with Crippen LogP contribution in [0, 0.1) is 13.8 Å². The maximum absolute atomic E-state index is 11.7. The maximum atomic E-state index is 11.7. The summed E-state index contributed by atoms with van der Waals surface area (Å²) in [7, 11) is -2.89. The van der Waals surface area contributed by atoms with Gasteiger partial charge in [0.2, 0.25) is 0 Å². The molecule has 0 saturated heterocycles. The molecule has 112 valence electrons. The van der Waals surface area contributed by atoms with Gasteiger partial charge in [-0.1, -0.05) is 59.7 Å². The van der Waals surface area contributed by atoms with E-state index in [4.69, 9.17) is 0 Å². The quantitative estimate of drug-likeness (QED) is 0.850. The Bertz CT molecular complexity index is 663. The Morgan fingerprint density at radius 2 is 1.57 bits per heavy atom. The molecule has 0 spiro atoms. The first kappa shape index (κ1) is 15.9. The zero-order valence-corrected chi connectivity index (χ0v) is 13.3. The van der Waals surface area contributed by atoms with Gasteiger partial charge < -0.3 is 9.79 Å². The number of aryl methyl sites for hydroxylation is 2. The SMILES string of the molecule is Cc1ccc(C(c2cccc(C)c2)N(C)P(=O)(O)O)cc1. The van der Waals surface area contributed by atoms with E-state index in [9.17, 15) is 14.4 Å². The van der Waals surface area contributed by atoms with Gasteiger partial charge in [-0.3, -0.25) is 0 Å². The maximum Gasteiger partial charge on any atom is 0.403 e. The average molecular weight is 305 g/mol. The van der Waals surface area contributed by atoms with Crippen LogP contribution in [0.15, 0.2) is 48.5 Å². The molecule has 0 fully saturated rings. The molecular formula is C16H20NO3P. The number of hydrogen-bond acceptors (Lipinski definition) is 1. The molecule has 0 bridgehead atoms. The van der Waals surface area contributed by atoms with Crippen LogP contribution in [-0.4, -0.2) is 21.5 Å². The lowest BCUT2D eigenvalue weighted by Gasteiger charge is -2.29. The first-order valence-corrected chi connectivity index (χ1v) is 8.27. The van der Waals surface area contributed by atoms with Crippen LogP contribution in [0.3, 0.4) is 0 Å². The van der Waals surface area contributed by atoms with Gasteiger partial charge in [0, 0.05) is 0 Å². The molecule has 1 atom stereocenters. The van der Waals surface area contributed by atoms with E-state index < -0.39 is 13.8 Å². The molecular weight excluding hydrogens is 285 g/mol. The third-order valence-corrected chi connectivity index (χ3v) is 4.59. The van der Waals surface area contributed by atoms with Crippen molar-refractivity contribution in [2.75, 3.05) is 7.05 Å². The van der Waals surface area contributed by atoms with Gasteiger partial charge >= 0.3 is 7.75 Å². The van der Waals surface area contributed by atoms with Gasteiger partial charge in [-0.25, -0.2) is 9.24 Å². The van der Waals surface area contributed by atoms with Gasteiger partial charge in [0.1, 0.15) is 0 Å². The molecule has 2 aromatic carbocycles. The van der Waals surface area contributed by atoms with Crippen molar-refractivity contribution in [3.05, 3.63) is 70.8 Å². The third-order valence-electron chi connectivity index (χ3n) is 3.54. The third kappa shape index (κ3) is 3.80. The van der Waals surface area contributed by atoms with Crippen molar-refractivity contribution in [2.24, 2.45) is 0 Å². The summed E-state index contributed by atoms with van der Waals surface area (Å²) < 4.78 is 12.8. The first-order chi connectivity index (χ1) is 9.79. The fourth-order valence-electron chi connectivity index (χ4n) is 2.36. The summed E-state index contributed by atoms with van der Waals surface area (Å²) in [6.07, 6.45) is 0. The average Bonchev–Trinajstić information content (AvgIpc) is 2.40. The number of hydrogen-bond donors (Lipinski definition) is 2. The second-order valence-corrected chi connectivity index (χ2v) is 6.97. The minimum Gasteiger partial charge on any atom is -0.312 e. The van der Waals surface area contributed by atoms with E-state index in [1.54, 1.807) is 0 Å². The summed E-state index contributed by atoms with van der Waals surface area (Å²) in [4.78, 5) is 19.1. The van der Waals surface area contributed by atoms with Crippen molar-refractivity contribution < 1.29 is 14.4 Å². The molecule has 21 heavy (non-hydrogen) atoms. The van der Waals surface area contributed by atoms with Crippen LogP contribution < -0.4 is 0 Å². The highest BCUT2D eigenvalue weighted by molar-refractivity contribution is 7.49. The molecule has 0 radical (unpaired) electrons. The normalized spacial score (nSPS) is 13.4. The highest BCUT2D eigenvalue weighted by Gasteiger charge is 2.31. The van der Waals surface area contributed by atoms with E-state index in [0.717, 1.165) is 26.9 Å². The molecule has 5 heteroatoms. The Balaban J connectivity index is 2.54. The number of rotatable bonds is 4. The van der Waals surface area contributed by atoms with Crippen molar-refractivity contribution in [3.63, 3.8) is 0 Å². The van der Waals surface area contributed by atoms with E-state index in [2.05, 4.69) is 0 Å². The minimum atomic E-state index is -4.34. The second kappa shape index (κ2) is 6.12. The lowest BCUT2D eigenvalue weighted by molar-refractivity contribution is 0.270. The summed E-state index contributed by atoms with van der Waals surface area (Å²) in [6, 6.07) is 15.0. The summed E-state index contributed by atoms with van der Waals surface area (Å²) in [5, 5.41) is 0. The van der Waals surface area contributed by atoms with Crippen LogP contribution in [0.5, 0.6) is 0 Å². The van der Waals surface area contributed by atoms with Crippen LogP contribution in [-0.2, 0) is 4.57 Å². The van der Waals surface area contributed by atoms with Crippen molar-refractivity contribution in [1.82, 2.24) is 4.67 Å². The summed E-state index contributed by atoms with van der Waals surface area (Å²) in [5.41, 5.74) is 3.89. The molecule has 0 saturated carbocycles. The van der Waals surface area contributed by atoms with E-state index in [0.29, 0.717) is 0 Å². The van der Waals surface area contributed by atoms with E-state index in [1.807, 2.05) is 62.4 Å². The molecule has 2 aromatic rings. The lowest BCUT2D eigenvalue weighted by Crippen LogP contribution is -2.22. The molecule has 1 unspecified atom stereocenters. The molecule has 2 N–H and O–H groups in total. The van der Waals surface area contributed by atoms with E-state index in [1.165, 1.54) is 7.05 Å². The zero-order valence-electron chi connectivity index (χ0n) is 12.4. The van der Waals surface area contributed by atoms with Crippen LogP contribution in [0.4, 0.5) is 0 Å². The Morgan fingerprint density at radius 3 is 2.10 bits per heavy atom. The van der Waals surface area contributed by atoms with Crippen LogP contribution in [0.2, 0.25) is 0 Å². The topological polar surface area (TPSA) is 60.8 Å². The monoisotopic (exact) mass is 305 g/mol. The molecule has 4 nitrogen and oxygen atoms in total. The predicted molar refractivity (Wildman–Crippen MR) is 84.0 cm³/mol. The van der Waals surface area contributed by atoms with Gasteiger partial charge in [-0.05, 0) is 32.0 Å². The molecule has 0 aliphatic carbocycles. The highest BCUT2D eigenvalue weighted by atomic mass is 31.2.